The number of aromatic nitrogens is 1. The van der Waals surface area contributed by atoms with E-state index in [0.29, 0.717) is 0 Å². The Bertz CT molecular complexity index is 2220. The van der Waals surface area contributed by atoms with Gasteiger partial charge in [-0.05, 0) is 86.0 Å². The molecule has 7 aromatic carbocycles. The molecule has 1 aromatic heterocycles. The van der Waals surface area contributed by atoms with Crippen LogP contribution >= 0.6 is 0 Å². The van der Waals surface area contributed by atoms with Crippen molar-refractivity contribution in [3.63, 3.8) is 0 Å². The summed E-state index contributed by atoms with van der Waals surface area (Å²) in [7, 11) is 0. The van der Waals surface area contributed by atoms with Gasteiger partial charge in [0.1, 0.15) is 0 Å². The zero-order valence-corrected chi connectivity index (χ0v) is 26.5. The SMILES string of the molecule is c1ccc(-c2ccc(-c3cc(-c4ccccc4)cc(-c4ccc(-c5cc(-c6ccccc6)cc(-c6ccccc6)n5)cc4)c3)cc2)cc1. The molecule has 0 aliphatic carbocycles. The number of nitrogens with zero attached hydrogens (tertiary/aromatic N) is 1. The zero-order chi connectivity index (χ0) is 32.1. The van der Waals surface area contributed by atoms with Crippen molar-refractivity contribution in [3.8, 4) is 78.1 Å². The van der Waals surface area contributed by atoms with Gasteiger partial charge in [0, 0.05) is 11.1 Å². The van der Waals surface area contributed by atoms with E-state index in [4.69, 9.17) is 4.98 Å². The molecule has 0 saturated carbocycles. The lowest BCUT2D eigenvalue weighted by Gasteiger charge is -2.13. The predicted molar refractivity (Wildman–Crippen MR) is 202 cm³/mol. The minimum absolute atomic E-state index is 0.957. The van der Waals surface area contributed by atoms with Gasteiger partial charge in [-0.25, -0.2) is 4.98 Å². The van der Waals surface area contributed by atoms with Crippen LogP contribution in [-0.2, 0) is 0 Å². The van der Waals surface area contributed by atoms with E-state index >= 15 is 0 Å². The summed E-state index contributed by atoms with van der Waals surface area (Å²) in [5.74, 6) is 0. The zero-order valence-electron chi connectivity index (χ0n) is 26.5. The number of rotatable bonds is 7. The predicted octanol–water partition coefficient (Wildman–Crippen LogP) is 12.8. The molecule has 0 saturated heterocycles. The van der Waals surface area contributed by atoms with Crippen molar-refractivity contribution in [1.29, 1.82) is 0 Å². The highest BCUT2D eigenvalue weighted by Crippen LogP contribution is 2.36. The van der Waals surface area contributed by atoms with Gasteiger partial charge in [0.2, 0.25) is 0 Å². The van der Waals surface area contributed by atoms with Crippen LogP contribution in [0.5, 0.6) is 0 Å². The third kappa shape index (κ3) is 6.23. The van der Waals surface area contributed by atoms with Gasteiger partial charge in [0.25, 0.3) is 0 Å². The van der Waals surface area contributed by atoms with Gasteiger partial charge in [-0.3, -0.25) is 0 Å². The summed E-state index contributed by atoms with van der Waals surface area (Å²) in [6.07, 6.45) is 0. The topological polar surface area (TPSA) is 12.9 Å². The van der Waals surface area contributed by atoms with Gasteiger partial charge in [0.15, 0.2) is 0 Å². The van der Waals surface area contributed by atoms with Crippen molar-refractivity contribution in [2.45, 2.75) is 0 Å². The van der Waals surface area contributed by atoms with Crippen LogP contribution in [0.25, 0.3) is 78.1 Å². The van der Waals surface area contributed by atoms with Crippen molar-refractivity contribution in [1.82, 2.24) is 4.98 Å². The normalized spacial score (nSPS) is 10.9. The maximum Gasteiger partial charge on any atom is 0.0715 e. The summed E-state index contributed by atoms with van der Waals surface area (Å²) in [5, 5.41) is 0. The molecule has 0 radical (unpaired) electrons. The smallest absolute Gasteiger partial charge is 0.0715 e. The summed E-state index contributed by atoms with van der Waals surface area (Å²) in [5.41, 5.74) is 16.0. The Balaban J connectivity index is 1.18. The monoisotopic (exact) mass is 611 g/mol. The lowest BCUT2D eigenvalue weighted by Crippen LogP contribution is -1.91. The van der Waals surface area contributed by atoms with E-state index in [0.717, 1.165) is 28.1 Å². The maximum absolute atomic E-state index is 5.14. The second-order valence-electron chi connectivity index (χ2n) is 12.0. The fourth-order valence-electron chi connectivity index (χ4n) is 6.31. The highest BCUT2D eigenvalue weighted by Gasteiger charge is 2.11. The molecular weight excluding hydrogens is 579 g/mol. The van der Waals surface area contributed by atoms with Gasteiger partial charge in [-0.2, -0.15) is 0 Å². The fraction of sp³-hybridized carbons (Fsp3) is 0. The minimum atomic E-state index is 0.957. The molecule has 0 atom stereocenters. The van der Waals surface area contributed by atoms with Crippen LogP contribution < -0.4 is 0 Å². The molecule has 0 aliphatic heterocycles. The molecule has 1 heteroatoms. The summed E-state index contributed by atoms with van der Waals surface area (Å²) in [6, 6.07) is 71.2. The van der Waals surface area contributed by atoms with Crippen molar-refractivity contribution in [2.24, 2.45) is 0 Å². The summed E-state index contributed by atoms with van der Waals surface area (Å²) < 4.78 is 0. The standard InChI is InChI=1S/C47H33N/c1-5-13-34(14-6-1)37-21-23-38(24-22-37)43-29-42(35-15-7-2-8-16-35)30-44(31-43)39-25-27-41(28-26-39)47-33-45(36-17-9-3-10-18-36)32-46(48-47)40-19-11-4-12-20-40/h1-33H. The average molecular weight is 612 g/mol. The van der Waals surface area contributed by atoms with Crippen LogP contribution in [-0.4, -0.2) is 4.98 Å². The average Bonchev–Trinajstić information content (AvgIpc) is 3.19. The van der Waals surface area contributed by atoms with E-state index in [1.165, 1.54) is 50.1 Å². The van der Waals surface area contributed by atoms with Gasteiger partial charge in [-0.15, -0.1) is 0 Å². The molecule has 0 fully saturated rings. The van der Waals surface area contributed by atoms with E-state index in [-0.39, 0.29) is 0 Å². The second kappa shape index (κ2) is 13.2. The Kier molecular flexibility index (Phi) is 8.01. The molecule has 0 aliphatic rings. The molecule has 0 unspecified atom stereocenters. The summed E-state index contributed by atoms with van der Waals surface area (Å²) in [4.78, 5) is 5.14. The Morgan fingerprint density at radius 1 is 0.188 bits per heavy atom. The molecule has 0 N–H and O–H groups in total. The molecule has 0 spiro atoms. The van der Waals surface area contributed by atoms with Crippen LogP contribution in [0.1, 0.15) is 0 Å². The molecule has 1 nitrogen and oxygen atoms in total. The van der Waals surface area contributed by atoms with Gasteiger partial charge < -0.3 is 0 Å². The molecule has 226 valence electrons. The van der Waals surface area contributed by atoms with Gasteiger partial charge in [0.05, 0.1) is 11.4 Å². The number of hydrogen-bond acceptors (Lipinski definition) is 1. The van der Waals surface area contributed by atoms with E-state index in [1.807, 2.05) is 6.07 Å². The van der Waals surface area contributed by atoms with Gasteiger partial charge >= 0.3 is 0 Å². The third-order valence-electron chi connectivity index (χ3n) is 8.88. The third-order valence-corrected chi connectivity index (χ3v) is 8.88. The van der Waals surface area contributed by atoms with E-state index in [9.17, 15) is 0 Å². The van der Waals surface area contributed by atoms with E-state index in [1.54, 1.807) is 0 Å². The molecule has 0 bridgehead atoms. The molecule has 1 heterocycles. The van der Waals surface area contributed by atoms with Crippen LogP contribution in [0.3, 0.4) is 0 Å². The largest absolute Gasteiger partial charge is 0.248 e. The quantitative estimate of drug-likeness (QED) is 0.175. The Labute approximate surface area is 282 Å². The number of pyridine rings is 1. The molecule has 48 heavy (non-hydrogen) atoms. The first-order valence-corrected chi connectivity index (χ1v) is 16.4. The second-order valence-corrected chi connectivity index (χ2v) is 12.0. The number of benzene rings is 7. The van der Waals surface area contributed by atoms with Crippen molar-refractivity contribution in [2.75, 3.05) is 0 Å². The Hall–Kier alpha value is -6.31. The Morgan fingerprint density at radius 3 is 0.792 bits per heavy atom. The summed E-state index contributed by atoms with van der Waals surface area (Å²) in [6.45, 7) is 0. The molecule has 8 aromatic rings. The van der Waals surface area contributed by atoms with Crippen molar-refractivity contribution in [3.05, 3.63) is 200 Å². The fourth-order valence-corrected chi connectivity index (χ4v) is 6.31. The summed E-state index contributed by atoms with van der Waals surface area (Å²) >= 11 is 0. The maximum atomic E-state index is 5.14. The minimum Gasteiger partial charge on any atom is -0.248 e. The van der Waals surface area contributed by atoms with Crippen molar-refractivity contribution < 1.29 is 0 Å². The van der Waals surface area contributed by atoms with Crippen LogP contribution in [0.4, 0.5) is 0 Å². The molecule has 0 amide bonds. The lowest BCUT2D eigenvalue weighted by molar-refractivity contribution is 1.32. The van der Waals surface area contributed by atoms with E-state index < -0.39 is 0 Å². The first kappa shape index (κ1) is 29.1. The van der Waals surface area contributed by atoms with E-state index in [2.05, 4.69) is 194 Å². The van der Waals surface area contributed by atoms with Crippen LogP contribution in [0.15, 0.2) is 200 Å². The highest BCUT2D eigenvalue weighted by atomic mass is 14.7. The molecular formula is C47H33N. The number of hydrogen-bond donors (Lipinski definition) is 0. The highest BCUT2D eigenvalue weighted by molar-refractivity contribution is 5.83. The van der Waals surface area contributed by atoms with Crippen molar-refractivity contribution >= 4 is 0 Å². The first-order chi connectivity index (χ1) is 23.8. The molecule has 8 rings (SSSR count). The van der Waals surface area contributed by atoms with Crippen LogP contribution in [0, 0.1) is 0 Å². The lowest BCUT2D eigenvalue weighted by atomic mass is 9.92. The Morgan fingerprint density at radius 2 is 0.417 bits per heavy atom. The van der Waals surface area contributed by atoms with Gasteiger partial charge in [-0.1, -0.05) is 170 Å². The first-order valence-electron chi connectivity index (χ1n) is 16.4. The van der Waals surface area contributed by atoms with Crippen LogP contribution in [0.2, 0.25) is 0 Å².